The van der Waals surface area contributed by atoms with Gasteiger partial charge in [0.25, 0.3) is 0 Å². The highest BCUT2D eigenvalue weighted by Crippen LogP contribution is 2.38. The van der Waals surface area contributed by atoms with Crippen molar-refractivity contribution in [1.29, 1.82) is 0 Å². The van der Waals surface area contributed by atoms with E-state index in [4.69, 9.17) is 21.4 Å². The highest BCUT2D eigenvalue weighted by molar-refractivity contribution is 6.39. The van der Waals surface area contributed by atoms with E-state index in [1.54, 1.807) is 17.1 Å². The third-order valence-corrected chi connectivity index (χ3v) is 5.70. The normalized spacial score (nSPS) is 16.6. The number of H-pyrrole nitrogens is 1. The van der Waals surface area contributed by atoms with Gasteiger partial charge in [-0.25, -0.2) is 9.78 Å². The van der Waals surface area contributed by atoms with Gasteiger partial charge in [-0.1, -0.05) is 11.6 Å². The molecule has 2 aliphatic rings. The second-order valence-electron chi connectivity index (χ2n) is 7.35. The average molecular weight is 433 g/mol. The molecule has 0 saturated carbocycles. The number of halogens is 1. The number of aromatic nitrogens is 4. The molecule has 0 bridgehead atoms. The number of nitrogens with zero attached hydrogens (tertiary/aromatic N) is 5. The summed E-state index contributed by atoms with van der Waals surface area (Å²) in [6, 6.07) is 1.92. The smallest absolute Gasteiger partial charge is 0.407 e. The number of carboxylic acid groups (broad SMARTS) is 1. The van der Waals surface area contributed by atoms with E-state index in [-0.39, 0.29) is 0 Å². The van der Waals surface area contributed by atoms with Crippen molar-refractivity contribution < 1.29 is 14.6 Å². The number of ether oxygens (including phenoxy) is 1. The van der Waals surface area contributed by atoms with E-state index in [0.717, 1.165) is 35.5 Å². The van der Waals surface area contributed by atoms with Gasteiger partial charge in [0.1, 0.15) is 5.65 Å². The van der Waals surface area contributed by atoms with E-state index in [2.05, 4.69) is 20.0 Å². The van der Waals surface area contributed by atoms with Gasteiger partial charge < -0.3 is 24.6 Å². The second kappa shape index (κ2) is 8.93. The van der Waals surface area contributed by atoms with Gasteiger partial charge >= 0.3 is 6.09 Å². The van der Waals surface area contributed by atoms with Crippen molar-refractivity contribution in [2.75, 3.05) is 44.3 Å². The van der Waals surface area contributed by atoms with E-state index < -0.39 is 6.09 Å². The van der Waals surface area contributed by atoms with Gasteiger partial charge in [0, 0.05) is 64.4 Å². The molecule has 2 N–H and O–H groups in total. The molecule has 10 heteroatoms. The maximum absolute atomic E-state index is 11.1. The van der Waals surface area contributed by atoms with Crippen LogP contribution in [0.15, 0.2) is 24.7 Å². The molecular formula is C20H25ClN6O3. The number of hydrogen-bond acceptors (Lipinski definition) is 5. The van der Waals surface area contributed by atoms with E-state index >= 15 is 0 Å². The van der Waals surface area contributed by atoms with Gasteiger partial charge in [-0.15, -0.1) is 0 Å². The molecule has 0 spiro atoms. The largest absolute Gasteiger partial charge is 0.465 e. The highest BCUT2D eigenvalue weighted by atomic mass is 35.5. The van der Waals surface area contributed by atoms with Crippen molar-refractivity contribution in [3.63, 3.8) is 0 Å². The molecule has 2 saturated heterocycles. The number of aryl methyl sites for hydroxylation is 1. The summed E-state index contributed by atoms with van der Waals surface area (Å²) in [6.07, 6.45) is 7.06. The lowest BCUT2D eigenvalue weighted by Crippen LogP contribution is -2.48. The van der Waals surface area contributed by atoms with Gasteiger partial charge in [0.15, 0.2) is 0 Å². The Kier molecular flexibility index (Phi) is 6.10. The summed E-state index contributed by atoms with van der Waals surface area (Å²) < 4.78 is 6.66. The van der Waals surface area contributed by atoms with Crippen LogP contribution in [0.4, 0.5) is 10.5 Å². The van der Waals surface area contributed by atoms with E-state index in [0.29, 0.717) is 36.8 Å². The van der Waals surface area contributed by atoms with Gasteiger partial charge in [-0.3, -0.25) is 4.68 Å². The van der Waals surface area contributed by atoms with Crippen LogP contribution in [0.5, 0.6) is 0 Å². The average Bonchev–Trinajstić information content (AvgIpc) is 3.51. The lowest BCUT2D eigenvalue weighted by atomic mass is 10.2. The van der Waals surface area contributed by atoms with Gasteiger partial charge in [-0.2, -0.15) is 5.10 Å². The SMILES string of the molecule is C1CCOC1.Cn1cc(-c2[nH]c3nccc(N4CCN(C(=O)O)CC4)c3c2Cl)cn1. The van der Waals surface area contributed by atoms with Gasteiger partial charge in [0.05, 0.1) is 28.0 Å². The number of amides is 1. The number of rotatable bonds is 2. The Morgan fingerprint density at radius 3 is 2.53 bits per heavy atom. The minimum Gasteiger partial charge on any atom is -0.465 e. The molecular weight excluding hydrogens is 408 g/mol. The predicted molar refractivity (Wildman–Crippen MR) is 115 cm³/mol. The topological polar surface area (TPSA) is 99.5 Å². The van der Waals surface area contributed by atoms with Crippen molar-refractivity contribution in [3.05, 3.63) is 29.7 Å². The predicted octanol–water partition coefficient (Wildman–Crippen LogP) is 3.21. The van der Waals surface area contributed by atoms with Crippen molar-refractivity contribution in [3.8, 4) is 11.3 Å². The lowest BCUT2D eigenvalue weighted by molar-refractivity contribution is 0.142. The molecule has 2 fully saturated rings. The summed E-state index contributed by atoms with van der Waals surface area (Å²) in [5.74, 6) is 0. The van der Waals surface area contributed by atoms with E-state index in [1.807, 2.05) is 19.3 Å². The third kappa shape index (κ3) is 4.22. The Morgan fingerprint density at radius 2 is 1.97 bits per heavy atom. The number of hydrogen-bond donors (Lipinski definition) is 2. The molecule has 9 nitrogen and oxygen atoms in total. The van der Waals surface area contributed by atoms with Crippen LogP contribution in [0.3, 0.4) is 0 Å². The molecule has 2 aliphatic heterocycles. The zero-order chi connectivity index (χ0) is 21.1. The zero-order valence-electron chi connectivity index (χ0n) is 16.8. The van der Waals surface area contributed by atoms with Crippen LogP contribution in [-0.2, 0) is 11.8 Å². The number of aromatic amines is 1. The molecule has 0 unspecified atom stereocenters. The third-order valence-electron chi connectivity index (χ3n) is 5.32. The molecule has 0 aliphatic carbocycles. The fraction of sp³-hybridized carbons (Fsp3) is 0.450. The number of pyridine rings is 1. The standard InChI is InChI=1S/C16H17ClN6O2.C4H8O/c1-21-9-10(8-19-21)14-13(17)12-11(2-3-18-15(12)20-14)22-4-6-23(7-5-22)16(24)25;1-2-4-5-3-1/h2-3,8-9H,4-7H2,1H3,(H,18,20)(H,24,25);1-4H2. The van der Waals surface area contributed by atoms with Crippen molar-refractivity contribution in [2.24, 2.45) is 7.05 Å². The first-order valence-corrected chi connectivity index (χ1v) is 10.4. The van der Waals surface area contributed by atoms with Crippen LogP contribution in [0, 0.1) is 0 Å². The Bertz CT molecular complexity index is 1010. The summed E-state index contributed by atoms with van der Waals surface area (Å²) in [6.45, 7) is 4.18. The first-order valence-electron chi connectivity index (χ1n) is 10.0. The van der Waals surface area contributed by atoms with Crippen LogP contribution in [0.25, 0.3) is 22.3 Å². The number of fused-ring (bicyclic) bond motifs is 1. The second-order valence-corrected chi connectivity index (χ2v) is 7.72. The number of carbonyl (C=O) groups is 1. The van der Waals surface area contributed by atoms with Crippen molar-refractivity contribution in [2.45, 2.75) is 12.8 Å². The maximum Gasteiger partial charge on any atom is 0.407 e. The molecule has 3 aromatic rings. The van der Waals surface area contributed by atoms with Gasteiger partial charge in [-0.05, 0) is 18.9 Å². The Morgan fingerprint density at radius 1 is 1.23 bits per heavy atom. The maximum atomic E-state index is 11.1. The quantitative estimate of drug-likeness (QED) is 0.645. The van der Waals surface area contributed by atoms with Gasteiger partial charge in [0.2, 0.25) is 0 Å². The monoisotopic (exact) mass is 432 g/mol. The first kappa shape index (κ1) is 20.5. The first-order chi connectivity index (χ1) is 14.5. The van der Waals surface area contributed by atoms with E-state index in [1.165, 1.54) is 17.7 Å². The molecule has 0 aromatic carbocycles. The summed E-state index contributed by atoms with van der Waals surface area (Å²) in [5.41, 5.74) is 3.36. The molecule has 160 valence electrons. The highest BCUT2D eigenvalue weighted by Gasteiger charge is 2.24. The minimum atomic E-state index is -0.877. The fourth-order valence-corrected chi connectivity index (χ4v) is 4.07. The molecule has 1 amide bonds. The van der Waals surface area contributed by atoms with Crippen LogP contribution in [0.1, 0.15) is 12.8 Å². The van der Waals surface area contributed by atoms with Crippen molar-refractivity contribution in [1.82, 2.24) is 24.6 Å². The lowest BCUT2D eigenvalue weighted by Gasteiger charge is -2.34. The minimum absolute atomic E-state index is 0.469. The Balaban J connectivity index is 0.000000383. The zero-order valence-corrected chi connectivity index (χ0v) is 17.6. The van der Waals surface area contributed by atoms with E-state index in [9.17, 15) is 4.79 Å². The summed E-state index contributed by atoms with van der Waals surface area (Å²) in [7, 11) is 1.85. The summed E-state index contributed by atoms with van der Waals surface area (Å²) in [5, 5.41) is 14.8. The summed E-state index contributed by atoms with van der Waals surface area (Å²) >= 11 is 6.66. The van der Waals surface area contributed by atoms with Crippen LogP contribution < -0.4 is 4.90 Å². The van der Waals surface area contributed by atoms with Crippen LogP contribution in [0.2, 0.25) is 5.02 Å². The fourth-order valence-electron chi connectivity index (χ4n) is 3.72. The van der Waals surface area contributed by atoms with Crippen LogP contribution >= 0.6 is 11.6 Å². The molecule has 0 radical (unpaired) electrons. The van der Waals surface area contributed by atoms with Crippen LogP contribution in [-0.4, -0.2) is 75.2 Å². The van der Waals surface area contributed by atoms with Crippen molar-refractivity contribution >= 4 is 34.4 Å². The molecule has 3 aromatic heterocycles. The molecule has 0 atom stereocenters. The molecule has 5 heterocycles. The molecule has 5 rings (SSSR count). The number of nitrogens with one attached hydrogen (secondary N) is 1. The number of piperazine rings is 1. The Labute approximate surface area is 179 Å². The Hall–Kier alpha value is -2.78. The summed E-state index contributed by atoms with van der Waals surface area (Å²) in [4.78, 5) is 22.3. The molecule has 30 heavy (non-hydrogen) atoms. The number of anilines is 1.